The molecule has 210 valence electrons. The van der Waals surface area contributed by atoms with Gasteiger partial charge in [0.05, 0.1) is 11.2 Å². The number of fused-ring (bicyclic) bond motifs is 7. The zero-order chi connectivity index (χ0) is 29.7. The summed E-state index contributed by atoms with van der Waals surface area (Å²) < 4.78 is 6.57. The number of aromatic nitrogens is 3. The SMILES string of the molecule is c1ccc(-c2nc3cc(-c4cc(-c5ccncc5)cc(-c5cccnc5)c4)ccc3c3c2ccc2c4ccccc4oc23)cc1. The van der Waals surface area contributed by atoms with Crippen LogP contribution in [-0.2, 0) is 0 Å². The van der Waals surface area contributed by atoms with Gasteiger partial charge in [-0.05, 0) is 82.4 Å². The van der Waals surface area contributed by atoms with Crippen molar-refractivity contribution in [2.24, 2.45) is 0 Å². The molecular weight excluding hydrogens is 550 g/mol. The van der Waals surface area contributed by atoms with Crippen LogP contribution in [0, 0.1) is 0 Å². The smallest absolute Gasteiger partial charge is 0.144 e. The average molecular weight is 576 g/mol. The van der Waals surface area contributed by atoms with E-state index in [1.165, 1.54) is 0 Å². The normalized spacial score (nSPS) is 11.6. The van der Waals surface area contributed by atoms with Gasteiger partial charge in [-0.25, -0.2) is 4.98 Å². The number of furan rings is 1. The molecule has 0 aliphatic carbocycles. The average Bonchev–Trinajstić information content (AvgIpc) is 3.51. The van der Waals surface area contributed by atoms with Gasteiger partial charge in [-0.1, -0.05) is 72.8 Å². The molecule has 0 fully saturated rings. The lowest BCUT2D eigenvalue weighted by Crippen LogP contribution is -1.92. The molecular formula is C41H25N3O. The number of para-hydroxylation sites is 1. The highest BCUT2D eigenvalue weighted by Crippen LogP contribution is 2.42. The third-order valence-corrected chi connectivity index (χ3v) is 8.62. The third-order valence-electron chi connectivity index (χ3n) is 8.62. The maximum absolute atomic E-state index is 6.57. The standard InChI is InChI=1S/C41H25N3O/c1-2-7-27(8-3-1)40-36-15-14-34-33-10-4-5-11-38(33)45-41(34)39(36)35-13-12-28(24-37(35)44-40)31-21-30(26-16-19-42-20-17-26)22-32(23-31)29-9-6-18-43-25-29/h1-25H. The van der Waals surface area contributed by atoms with E-state index in [9.17, 15) is 0 Å². The van der Waals surface area contributed by atoms with Gasteiger partial charge >= 0.3 is 0 Å². The molecule has 0 aliphatic rings. The van der Waals surface area contributed by atoms with Gasteiger partial charge in [0.15, 0.2) is 0 Å². The third kappa shape index (κ3) is 4.27. The van der Waals surface area contributed by atoms with Crippen LogP contribution in [-0.4, -0.2) is 15.0 Å². The predicted octanol–water partition coefficient (Wildman–Crippen LogP) is 10.7. The fourth-order valence-corrected chi connectivity index (χ4v) is 6.47. The Balaban J connectivity index is 1.33. The molecule has 9 aromatic rings. The van der Waals surface area contributed by atoms with E-state index >= 15 is 0 Å². The van der Waals surface area contributed by atoms with Gasteiger partial charge in [-0.15, -0.1) is 0 Å². The predicted molar refractivity (Wildman–Crippen MR) is 184 cm³/mol. The van der Waals surface area contributed by atoms with Crippen molar-refractivity contribution < 1.29 is 4.42 Å². The Bertz CT molecular complexity index is 2460. The first-order valence-electron chi connectivity index (χ1n) is 15.0. The van der Waals surface area contributed by atoms with Crippen LogP contribution in [0.3, 0.4) is 0 Å². The molecule has 5 aromatic carbocycles. The molecule has 4 heteroatoms. The molecule has 0 amide bonds. The Morgan fingerprint density at radius 1 is 0.422 bits per heavy atom. The summed E-state index contributed by atoms with van der Waals surface area (Å²) in [5.74, 6) is 0. The van der Waals surface area contributed by atoms with Gasteiger partial charge in [0.1, 0.15) is 11.2 Å². The number of pyridine rings is 3. The van der Waals surface area contributed by atoms with Crippen molar-refractivity contribution in [3.05, 3.63) is 152 Å². The quantitative estimate of drug-likeness (QED) is 0.196. The fourth-order valence-electron chi connectivity index (χ4n) is 6.47. The Kier molecular flexibility index (Phi) is 5.78. The number of hydrogen-bond acceptors (Lipinski definition) is 4. The molecule has 0 saturated heterocycles. The van der Waals surface area contributed by atoms with Crippen LogP contribution in [0.5, 0.6) is 0 Å². The summed E-state index contributed by atoms with van der Waals surface area (Å²) in [5, 5.41) is 5.45. The first-order chi connectivity index (χ1) is 22.3. The molecule has 0 aliphatic heterocycles. The zero-order valence-electron chi connectivity index (χ0n) is 24.2. The Morgan fingerprint density at radius 2 is 1.13 bits per heavy atom. The lowest BCUT2D eigenvalue weighted by atomic mass is 9.92. The van der Waals surface area contributed by atoms with Crippen LogP contribution in [0.1, 0.15) is 0 Å². The van der Waals surface area contributed by atoms with Crippen molar-refractivity contribution >= 4 is 43.6 Å². The van der Waals surface area contributed by atoms with E-state index in [4.69, 9.17) is 9.40 Å². The zero-order valence-corrected chi connectivity index (χ0v) is 24.2. The summed E-state index contributed by atoms with van der Waals surface area (Å²) in [6, 6.07) is 44.5. The van der Waals surface area contributed by atoms with E-state index in [0.29, 0.717) is 0 Å². The summed E-state index contributed by atoms with van der Waals surface area (Å²) in [4.78, 5) is 13.9. The van der Waals surface area contributed by atoms with Gasteiger partial charge in [0.2, 0.25) is 0 Å². The minimum atomic E-state index is 0.888. The highest BCUT2D eigenvalue weighted by molar-refractivity contribution is 6.24. The van der Waals surface area contributed by atoms with Gasteiger partial charge in [-0.3, -0.25) is 9.97 Å². The van der Waals surface area contributed by atoms with E-state index in [1.54, 1.807) is 6.20 Å². The lowest BCUT2D eigenvalue weighted by molar-refractivity contribution is 0.673. The maximum atomic E-state index is 6.57. The van der Waals surface area contributed by atoms with Crippen molar-refractivity contribution in [2.75, 3.05) is 0 Å². The monoisotopic (exact) mass is 575 g/mol. The van der Waals surface area contributed by atoms with Crippen LogP contribution < -0.4 is 0 Å². The maximum Gasteiger partial charge on any atom is 0.144 e. The van der Waals surface area contributed by atoms with E-state index in [1.807, 2.05) is 55.0 Å². The molecule has 9 rings (SSSR count). The van der Waals surface area contributed by atoms with Crippen LogP contribution >= 0.6 is 0 Å². The number of nitrogens with zero attached hydrogens (tertiary/aromatic N) is 3. The molecule has 0 N–H and O–H groups in total. The highest BCUT2D eigenvalue weighted by atomic mass is 16.3. The topological polar surface area (TPSA) is 51.8 Å². The molecule has 0 saturated carbocycles. The van der Waals surface area contributed by atoms with E-state index in [0.717, 1.165) is 88.3 Å². The Hall–Kier alpha value is -6.13. The summed E-state index contributed by atoms with van der Waals surface area (Å²) in [7, 11) is 0. The molecule has 0 atom stereocenters. The van der Waals surface area contributed by atoms with Gasteiger partial charge in [0.25, 0.3) is 0 Å². The molecule has 0 radical (unpaired) electrons. The molecule has 4 heterocycles. The summed E-state index contributed by atoms with van der Waals surface area (Å²) in [6.45, 7) is 0. The highest BCUT2D eigenvalue weighted by Gasteiger charge is 2.18. The van der Waals surface area contributed by atoms with E-state index < -0.39 is 0 Å². The van der Waals surface area contributed by atoms with Crippen LogP contribution in [0.15, 0.2) is 157 Å². The van der Waals surface area contributed by atoms with Crippen molar-refractivity contribution in [1.29, 1.82) is 0 Å². The summed E-state index contributed by atoms with van der Waals surface area (Å²) >= 11 is 0. The number of rotatable bonds is 4. The lowest BCUT2D eigenvalue weighted by Gasteiger charge is -2.14. The first kappa shape index (κ1) is 25.4. The summed E-state index contributed by atoms with van der Waals surface area (Å²) in [6.07, 6.45) is 7.38. The van der Waals surface area contributed by atoms with Crippen molar-refractivity contribution in [1.82, 2.24) is 15.0 Å². The van der Waals surface area contributed by atoms with Gasteiger partial charge in [0, 0.05) is 62.8 Å². The minimum Gasteiger partial charge on any atom is -0.455 e. The molecule has 0 spiro atoms. The van der Waals surface area contributed by atoms with Crippen molar-refractivity contribution in [2.45, 2.75) is 0 Å². The first-order valence-corrected chi connectivity index (χ1v) is 15.0. The molecule has 45 heavy (non-hydrogen) atoms. The number of benzene rings is 5. The summed E-state index contributed by atoms with van der Waals surface area (Å²) in [5.41, 5.74) is 11.3. The molecule has 4 aromatic heterocycles. The van der Waals surface area contributed by atoms with Crippen LogP contribution in [0.2, 0.25) is 0 Å². The van der Waals surface area contributed by atoms with E-state index in [-0.39, 0.29) is 0 Å². The van der Waals surface area contributed by atoms with Crippen molar-refractivity contribution in [3.8, 4) is 44.6 Å². The second-order valence-electron chi connectivity index (χ2n) is 11.3. The van der Waals surface area contributed by atoms with Gasteiger partial charge in [-0.2, -0.15) is 0 Å². The Morgan fingerprint density at radius 3 is 1.96 bits per heavy atom. The molecule has 4 nitrogen and oxygen atoms in total. The van der Waals surface area contributed by atoms with E-state index in [2.05, 4.69) is 101 Å². The van der Waals surface area contributed by atoms with Crippen LogP contribution in [0.25, 0.3) is 88.3 Å². The fraction of sp³-hybridized carbons (Fsp3) is 0. The Labute approximate surface area is 259 Å². The molecule has 0 unspecified atom stereocenters. The minimum absolute atomic E-state index is 0.888. The second kappa shape index (κ2) is 10.2. The van der Waals surface area contributed by atoms with Crippen LogP contribution in [0.4, 0.5) is 0 Å². The molecule has 0 bridgehead atoms. The second-order valence-corrected chi connectivity index (χ2v) is 11.3. The largest absolute Gasteiger partial charge is 0.455 e. The van der Waals surface area contributed by atoms with Gasteiger partial charge < -0.3 is 4.42 Å². The van der Waals surface area contributed by atoms with Crippen molar-refractivity contribution in [3.63, 3.8) is 0 Å². The number of hydrogen-bond donors (Lipinski definition) is 0.